The van der Waals surface area contributed by atoms with Gasteiger partial charge in [0.2, 0.25) is 10.0 Å². The molecule has 144 valence electrons. The Morgan fingerprint density at radius 3 is 2.48 bits per heavy atom. The van der Waals surface area contributed by atoms with Crippen molar-refractivity contribution in [1.82, 2.24) is 4.31 Å². The minimum atomic E-state index is -3.58. The molecule has 3 rings (SSSR count). The Balaban J connectivity index is 1.74. The first-order valence-corrected chi connectivity index (χ1v) is 10.1. The van der Waals surface area contributed by atoms with Gasteiger partial charge in [0.1, 0.15) is 11.5 Å². The molecule has 1 heterocycles. The summed E-state index contributed by atoms with van der Waals surface area (Å²) in [5.74, 6) is 0.543. The van der Waals surface area contributed by atoms with E-state index in [9.17, 15) is 13.2 Å². The maximum Gasteiger partial charge on any atom is 0.262 e. The van der Waals surface area contributed by atoms with Gasteiger partial charge in [-0.2, -0.15) is 4.31 Å². The van der Waals surface area contributed by atoms with Gasteiger partial charge in [0.15, 0.2) is 6.61 Å². The second-order valence-corrected chi connectivity index (χ2v) is 8.06. The predicted molar refractivity (Wildman–Crippen MR) is 102 cm³/mol. The van der Waals surface area contributed by atoms with Crippen molar-refractivity contribution in [2.24, 2.45) is 0 Å². The van der Waals surface area contributed by atoms with Crippen LogP contribution >= 0.6 is 0 Å². The van der Waals surface area contributed by atoms with Crippen LogP contribution in [0.5, 0.6) is 11.5 Å². The molecule has 1 aliphatic heterocycles. The molecule has 0 aliphatic carbocycles. The van der Waals surface area contributed by atoms with Crippen molar-refractivity contribution in [1.29, 1.82) is 0 Å². The van der Waals surface area contributed by atoms with E-state index in [4.69, 9.17) is 9.47 Å². The van der Waals surface area contributed by atoms with E-state index in [1.807, 2.05) is 18.2 Å². The van der Waals surface area contributed by atoms with Crippen LogP contribution in [-0.2, 0) is 14.8 Å². The number of ether oxygens (including phenoxy) is 2. The number of carbonyl (C=O) groups is 1. The third-order valence-corrected chi connectivity index (χ3v) is 6.16. The maximum atomic E-state index is 12.7. The minimum Gasteiger partial charge on any atom is -0.495 e. The number of hydrogen-bond acceptors (Lipinski definition) is 5. The van der Waals surface area contributed by atoms with Gasteiger partial charge in [-0.3, -0.25) is 4.79 Å². The summed E-state index contributed by atoms with van der Waals surface area (Å²) in [6.45, 7) is 0.832. The summed E-state index contributed by atoms with van der Waals surface area (Å²) < 4.78 is 37.6. The number of hydrogen-bond donors (Lipinski definition) is 1. The molecule has 2 aromatic carbocycles. The Morgan fingerprint density at radius 1 is 1.11 bits per heavy atom. The monoisotopic (exact) mass is 390 g/mol. The van der Waals surface area contributed by atoms with E-state index in [-0.39, 0.29) is 11.5 Å². The Labute approximate surface area is 158 Å². The van der Waals surface area contributed by atoms with E-state index < -0.39 is 15.9 Å². The highest BCUT2D eigenvalue weighted by molar-refractivity contribution is 7.89. The zero-order chi connectivity index (χ0) is 19.3. The smallest absolute Gasteiger partial charge is 0.262 e. The molecule has 0 saturated carbocycles. The van der Waals surface area contributed by atoms with Crippen LogP contribution in [-0.4, -0.2) is 45.4 Å². The van der Waals surface area contributed by atoms with Gasteiger partial charge in [-0.1, -0.05) is 18.2 Å². The highest BCUT2D eigenvalue weighted by Crippen LogP contribution is 2.30. The molecule has 0 bridgehead atoms. The molecule has 0 radical (unpaired) electrons. The minimum absolute atomic E-state index is 0.129. The number of sulfonamides is 1. The van der Waals surface area contributed by atoms with Gasteiger partial charge in [-0.25, -0.2) is 8.42 Å². The van der Waals surface area contributed by atoms with Crippen LogP contribution in [0.4, 0.5) is 5.69 Å². The summed E-state index contributed by atoms with van der Waals surface area (Å²) in [6.07, 6.45) is 1.71. The molecule has 1 amide bonds. The van der Waals surface area contributed by atoms with E-state index >= 15 is 0 Å². The number of rotatable bonds is 7. The van der Waals surface area contributed by atoms with Crippen molar-refractivity contribution < 1.29 is 22.7 Å². The van der Waals surface area contributed by atoms with E-state index in [1.165, 1.54) is 29.6 Å². The number of nitrogens with one attached hydrogen (secondary N) is 1. The van der Waals surface area contributed by atoms with Crippen LogP contribution in [0, 0.1) is 0 Å². The van der Waals surface area contributed by atoms with Gasteiger partial charge in [0.05, 0.1) is 17.7 Å². The van der Waals surface area contributed by atoms with Crippen LogP contribution in [0.3, 0.4) is 0 Å². The SMILES string of the molecule is COc1ccc(S(=O)(=O)N2CCCC2)cc1NC(=O)COc1ccccc1. The first kappa shape index (κ1) is 19.2. The third kappa shape index (κ3) is 4.58. The van der Waals surface area contributed by atoms with Gasteiger partial charge in [-0.15, -0.1) is 0 Å². The van der Waals surface area contributed by atoms with Crippen LogP contribution in [0.2, 0.25) is 0 Å². The second kappa shape index (κ2) is 8.41. The fourth-order valence-corrected chi connectivity index (χ4v) is 4.42. The van der Waals surface area contributed by atoms with Gasteiger partial charge in [0, 0.05) is 13.1 Å². The molecule has 2 aromatic rings. The van der Waals surface area contributed by atoms with E-state index in [1.54, 1.807) is 12.1 Å². The second-order valence-electron chi connectivity index (χ2n) is 6.12. The normalized spacial score (nSPS) is 14.7. The Kier molecular flexibility index (Phi) is 5.98. The number of methoxy groups -OCH3 is 1. The zero-order valence-electron chi connectivity index (χ0n) is 15.1. The van der Waals surface area contributed by atoms with Crippen LogP contribution in [0.1, 0.15) is 12.8 Å². The molecule has 0 unspecified atom stereocenters. The van der Waals surface area contributed by atoms with Gasteiger partial charge >= 0.3 is 0 Å². The molecule has 0 aromatic heterocycles. The Bertz CT molecular complexity index is 894. The number of anilines is 1. The topological polar surface area (TPSA) is 84.9 Å². The van der Waals surface area contributed by atoms with Crippen molar-refractivity contribution in [3.63, 3.8) is 0 Å². The fraction of sp³-hybridized carbons (Fsp3) is 0.316. The van der Waals surface area contributed by atoms with Crippen molar-refractivity contribution in [3.8, 4) is 11.5 Å². The average molecular weight is 390 g/mol. The first-order chi connectivity index (χ1) is 13.0. The quantitative estimate of drug-likeness (QED) is 0.785. The lowest BCUT2D eigenvalue weighted by Gasteiger charge is -2.17. The molecular weight excluding hydrogens is 368 g/mol. The van der Waals surface area contributed by atoms with Crippen molar-refractivity contribution in [2.75, 3.05) is 32.1 Å². The van der Waals surface area contributed by atoms with E-state index in [2.05, 4.69) is 5.32 Å². The highest BCUT2D eigenvalue weighted by Gasteiger charge is 2.28. The summed E-state index contributed by atoms with van der Waals surface area (Å²) in [5.41, 5.74) is 0.291. The molecule has 8 heteroatoms. The lowest BCUT2D eigenvalue weighted by atomic mass is 10.3. The molecular formula is C19H22N2O5S. The number of benzene rings is 2. The van der Waals surface area contributed by atoms with Crippen LogP contribution in [0.15, 0.2) is 53.4 Å². The molecule has 1 N–H and O–H groups in total. The highest BCUT2D eigenvalue weighted by atomic mass is 32.2. The van der Waals surface area contributed by atoms with Crippen LogP contribution in [0.25, 0.3) is 0 Å². The molecule has 1 fully saturated rings. The first-order valence-electron chi connectivity index (χ1n) is 8.66. The van der Waals surface area contributed by atoms with Gasteiger partial charge in [-0.05, 0) is 43.2 Å². The molecule has 1 aliphatic rings. The maximum absolute atomic E-state index is 12.7. The molecule has 7 nitrogen and oxygen atoms in total. The lowest BCUT2D eigenvalue weighted by Crippen LogP contribution is -2.28. The number of amides is 1. The summed E-state index contributed by atoms with van der Waals surface area (Å²) in [4.78, 5) is 12.3. The van der Waals surface area contributed by atoms with Gasteiger partial charge < -0.3 is 14.8 Å². The standard InChI is InChI=1S/C19H22N2O5S/c1-25-18-10-9-16(27(23,24)21-11-5-6-12-21)13-17(18)20-19(22)14-26-15-7-3-2-4-8-15/h2-4,7-10,13H,5-6,11-12,14H2,1H3,(H,20,22). The average Bonchev–Trinajstić information content (AvgIpc) is 3.23. The molecule has 0 spiro atoms. The number of nitrogens with zero attached hydrogens (tertiary/aromatic N) is 1. The third-order valence-electron chi connectivity index (χ3n) is 4.26. The summed E-state index contributed by atoms with van der Waals surface area (Å²) in [6, 6.07) is 13.4. The molecule has 27 heavy (non-hydrogen) atoms. The lowest BCUT2D eigenvalue weighted by molar-refractivity contribution is -0.118. The summed E-state index contributed by atoms with van der Waals surface area (Å²) in [5, 5.41) is 2.66. The Hall–Kier alpha value is -2.58. The van der Waals surface area contributed by atoms with E-state index in [0.717, 1.165) is 12.8 Å². The molecule has 1 saturated heterocycles. The zero-order valence-corrected chi connectivity index (χ0v) is 15.9. The number of carbonyl (C=O) groups excluding carboxylic acids is 1. The molecule has 0 atom stereocenters. The van der Waals surface area contributed by atoms with Gasteiger partial charge in [0.25, 0.3) is 5.91 Å². The van der Waals surface area contributed by atoms with Crippen LogP contribution < -0.4 is 14.8 Å². The summed E-state index contributed by atoms with van der Waals surface area (Å²) >= 11 is 0. The fourth-order valence-electron chi connectivity index (χ4n) is 2.87. The number of para-hydroxylation sites is 1. The largest absolute Gasteiger partial charge is 0.495 e. The Morgan fingerprint density at radius 2 is 1.81 bits per heavy atom. The van der Waals surface area contributed by atoms with E-state index in [0.29, 0.717) is 30.3 Å². The van der Waals surface area contributed by atoms with Crippen molar-refractivity contribution >= 4 is 21.6 Å². The predicted octanol–water partition coefficient (Wildman–Crippen LogP) is 2.50. The van der Waals surface area contributed by atoms with Crippen molar-refractivity contribution in [3.05, 3.63) is 48.5 Å². The van der Waals surface area contributed by atoms with Crippen molar-refractivity contribution in [2.45, 2.75) is 17.7 Å². The summed E-state index contributed by atoms with van der Waals surface area (Å²) in [7, 11) is -2.12.